The molecular formula is C5H5ClO3. The van der Waals surface area contributed by atoms with Crippen LogP contribution in [0.2, 0.25) is 0 Å². The molecule has 50 valence electrons. The molecule has 0 amide bonds. The minimum Gasteiger partial charge on any atom is -0.480 e. The number of carboxylic acid groups (broad SMARTS) is 1. The number of carboxylic acids is 1. The van der Waals surface area contributed by atoms with Crippen LogP contribution in [0, 0.1) is 5.41 Å². The van der Waals surface area contributed by atoms with Crippen LogP contribution in [0.1, 0.15) is 12.8 Å². The fraction of sp³-hybridized carbons (Fsp3) is 0.600. The molecule has 0 unspecified atom stereocenters. The van der Waals surface area contributed by atoms with Gasteiger partial charge in [-0.05, 0) is 24.4 Å². The van der Waals surface area contributed by atoms with Gasteiger partial charge in [-0.3, -0.25) is 9.59 Å². The first-order valence-corrected chi connectivity index (χ1v) is 2.91. The fourth-order valence-corrected chi connectivity index (χ4v) is 0.889. The van der Waals surface area contributed by atoms with Crippen LogP contribution in [0.15, 0.2) is 0 Å². The molecule has 0 spiro atoms. The third-order valence-electron chi connectivity index (χ3n) is 1.54. The van der Waals surface area contributed by atoms with Crippen molar-refractivity contribution in [1.29, 1.82) is 0 Å². The maximum Gasteiger partial charge on any atom is 0.318 e. The van der Waals surface area contributed by atoms with E-state index in [-0.39, 0.29) is 0 Å². The third kappa shape index (κ3) is 0.812. The largest absolute Gasteiger partial charge is 0.480 e. The second kappa shape index (κ2) is 1.70. The number of aliphatic carboxylic acids is 1. The smallest absolute Gasteiger partial charge is 0.318 e. The molecule has 0 aromatic heterocycles. The molecule has 1 aliphatic carbocycles. The standard InChI is InChI=1S/C5H5ClO3/c6-3(7)5(1-2-5)4(8)9/h1-2H2,(H,8,9). The zero-order valence-corrected chi connectivity index (χ0v) is 5.31. The van der Waals surface area contributed by atoms with E-state index in [0.717, 1.165) is 0 Å². The normalized spacial score (nSPS) is 21.0. The van der Waals surface area contributed by atoms with Crippen LogP contribution in [0.4, 0.5) is 0 Å². The van der Waals surface area contributed by atoms with Gasteiger partial charge in [-0.25, -0.2) is 0 Å². The Morgan fingerprint density at radius 3 is 1.89 bits per heavy atom. The van der Waals surface area contributed by atoms with E-state index in [1.54, 1.807) is 0 Å². The molecule has 1 fully saturated rings. The van der Waals surface area contributed by atoms with Gasteiger partial charge in [0.15, 0.2) is 0 Å². The summed E-state index contributed by atoms with van der Waals surface area (Å²) in [6.07, 6.45) is 0.787. The highest BCUT2D eigenvalue weighted by Crippen LogP contribution is 2.47. The Kier molecular flexibility index (Phi) is 1.24. The summed E-state index contributed by atoms with van der Waals surface area (Å²) in [5, 5.41) is 7.63. The molecule has 4 heteroatoms. The summed E-state index contributed by atoms with van der Waals surface area (Å²) in [4.78, 5) is 20.6. The van der Waals surface area contributed by atoms with Crippen molar-refractivity contribution in [3.05, 3.63) is 0 Å². The van der Waals surface area contributed by atoms with Crippen LogP contribution in [-0.2, 0) is 9.59 Å². The van der Waals surface area contributed by atoms with Gasteiger partial charge in [0.1, 0.15) is 5.41 Å². The van der Waals surface area contributed by atoms with E-state index in [1.807, 2.05) is 0 Å². The van der Waals surface area contributed by atoms with Gasteiger partial charge in [-0.1, -0.05) is 0 Å². The topological polar surface area (TPSA) is 54.4 Å². The number of hydrogen-bond donors (Lipinski definition) is 1. The monoisotopic (exact) mass is 148 g/mol. The van der Waals surface area contributed by atoms with Gasteiger partial charge in [0.2, 0.25) is 5.24 Å². The van der Waals surface area contributed by atoms with E-state index in [1.165, 1.54) is 0 Å². The maximum atomic E-state index is 10.4. The van der Waals surface area contributed by atoms with Gasteiger partial charge >= 0.3 is 5.97 Å². The third-order valence-corrected chi connectivity index (χ3v) is 1.90. The van der Waals surface area contributed by atoms with Gasteiger partial charge in [-0.2, -0.15) is 0 Å². The van der Waals surface area contributed by atoms with E-state index >= 15 is 0 Å². The van der Waals surface area contributed by atoms with Crippen molar-refractivity contribution in [3.8, 4) is 0 Å². The minimum atomic E-state index is -1.21. The Morgan fingerprint density at radius 2 is 1.89 bits per heavy atom. The van der Waals surface area contributed by atoms with Crippen molar-refractivity contribution >= 4 is 22.8 Å². The van der Waals surface area contributed by atoms with Crippen LogP contribution < -0.4 is 0 Å². The Morgan fingerprint density at radius 1 is 1.44 bits per heavy atom. The molecule has 0 heterocycles. The van der Waals surface area contributed by atoms with Crippen molar-refractivity contribution in [3.63, 3.8) is 0 Å². The Bertz CT molecular complexity index is 155. The molecule has 0 bridgehead atoms. The molecule has 1 aliphatic rings. The number of hydrogen-bond acceptors (Lipinski definition) is 2. The predicted octanol–water partition coefficient (Wildman–Crippen LogP) is 0.617. The molecule has 1 saturated carbocycles. The minimum absolute atomic E-state index is 0.394. The molecule has 1 N–H and O–H groups in total. The molecule has 1 rings (SSSR count). The second-order valence-electron chi connectivity index (χ2n) is 2.16. The summed E-state index contributed by atoms with van der Waals surface area (Å²) in [6.45, 7) is 0. The molecule has 3 nitrogen and oxygen atoms in total. The van der Waals surface area contributed by atoms with E-state index < -0.39 is 16.6 Å². The van der Waals surface area contributed by atoms with Crippen LogP contribution in [0.3, 0.4) is 0 Å². The van der Waals surface area contributed by atoms with Gasteiger partial charge in [0, 0.05) is 0 Å². The van der Waals surface area contributed by atoms with Crippen LogP contribution >= 0.6 is 11.6 Å². The lowest BCUT2D eigenvalue weighted by atomic mass is 10.1. The lowest BCUT2D eigenvalue weighted by Gasteiger charge is -1.98. The van der Waals surface area contributed by atoms with Crippen molar-refractivity contribution < 1.29 is 14.7 Å². The van der Waals surface area contributed by atoms with Crippen molar-refractivity contribution in [2.24, 2.45) is 5.41 Å². The zero-order valence-electron chi connectivity index (χ0n) is 4.56. The lowest BCUT2D eigenvalue weighted by molar-refractivity contribution is -0.146. The first kappa shape index (κ1) is 6.55. The highest BCUT2D eigenvalue weighted by atomic mass is 35.5. The van der Waals surface area contributed by atoms with E-state index in [9.17, 15) is 9.59 Å². The quantitative estimate of drug-likeness (QED) is 0.461. The zero-order chi connectivity index (χ0) is 7.07. The molecule has 0 saturated heterocycles. The van der Waals surface area contributed by atoms with E-state index in [2.05, 4.69) is 0 Å². The number of rotatable bonds is 2. The van der Waals surface area contributed by atoms with Crippen molar-refractivity contribution in [1.82, 2.24) is 0 Å². The highest BCUT2D eigenvalue weighted by molar-refractivity contribution is 6.66. The fourth-order valence-electron chi connectivity index (χ4n) is 0.619. The lowest BCUT2D eigenvalue weighted by Crippen LogP contribution is -2.20. The first-order chi connectivity index (χ1) is 4.09. The van der Waals surface area contributed by atoms with Gasteiger partial charge in [0.05, 0.1) is 0 Å². The Labute approximate surface area is 56.6 Å². The van der Waals surface area contributed by atoms with E-state index in [4.69, 9.17) is 16.7 Å². The summed E-state index contributed by atoms with van der Waals surface area (Å²) in [6, 6.07) is 0. The maximum absolute atomic E-state index is 10.4. The first-order valence-electron chi connectivity index (χ1n) is 2.53. The average Bonchev–Trinajstić information content (AvgIpc) is 2.40. The van der Waals surface area contributed by atoms with Gasteiger partial charge < -0.3 is 5.11 Å². The Hall–Kier alpha value is -0.570. The summed E-state index contributed by atoms with van der Waals surface area (Å²) in [5.41, 5.74) is -1.21. The molecule has 0 aromatic rings. The van der Waals surface area contributed by atoms with Crippen molar-refractivity contribution in [2.45, 2.75) is 12.8 Å². The van der Waals surface area contributed by atoms with E-state index in [0.29, 0.717) is 12.8 Å². The molecule has 0 radical (unpaired) electrons. The number of carbonyl (C=O) groups is 2. The molecule has 9 heavy (non-hydrogen) atoms. The molecule has 0 aliphatic heterocycles. The number of carbonyl (C=O) groups excluding carboxylic acids is 1. The highest BCUT2D eigenvalue weighted by Gasteiger charge is 2.56. The summed E-state index contributed by atoms with van der Waals surface area (Å²) >= 11 is 5.01. The summed E-state index contributed by atoms with van der Waals surface area (Å²) in [5.74, 6) is -1.09. The second-order valence-corrected chi connectivity index (χ2v) is 2.50. The molecule has 0 atom stereocenters. The summed E-state index contributed by atoms with van der Waals surface area (Å²) in [7, 11) is 0. The SMILES string of the molecule is O=C(O)C1(C(=O)Cl)CC1. The van der Waals surface area contributed by atoms with Crippen molar-refractivity contribution in [2.75, 3.05) is 0 Å². The predicted molar refractivity (Wildman–Crippen MR) is 30.2 cm³/mol. The summed E-state index contributed by atoms with van der Waals surface area (Å²) < 4.78 is 0. The van der Waals surface area contributed by atoms with Crippen LogP contribution in [-0.4, -0.2) is 16.3 Å². The molecular weight excluding hydrogens is 144 g/mol. The van der Waals surface area contributed by atoms with Crippen LogP contribution in [0.5, 0.6) is 0 Å². The van der Waals surface area contributed by atoms with Gasteiger partial charge in [-0.15, -0.1) is 0 Å². The Balaban J connectivity index is 2.75. The number of halogens is 1. The molecule has 0 aromatic carbocycles. The van der Waals surface area contributed by atoms with Crippen LogP contribution in [0.25, 0.3) is 0 Å². The van der Waals surface area contributed by atoms with Gasteiger partial charge in [0.25, 0.3) is 0 Å². The average molecular weight is 149 g/mol.